The van der Waals surface area contributed by atoms with E-state index < -0.39 is 59.9 Å². The molecule has 0 bridgehead atoms. The number of nitrogens with two attached hydrogens (primary N) is 1. The molecule has 3 N–H and O–H groups in total. The molecule has 1 saturated heterocycles. The number of nitrogens with zero attached hydrogens (tertiary/aromatic N) is 2. The minimum Gasteiger partial charge on any atom is -0.443 e. The number of fused-ring (bicyclic) bond motifs is 1. The molecule has 2 aromatic rings. The minimum atomic E-state index is -3.78. The Kier molecular flexibility index (Phi) is 8.74. The van der Waals surface area contributed by atoms with Crippen LogP contribution in [0.2, 0.25) is 5.02 Å². The van der Waals surface area contributed by atoms with Crippen molar-refractivity contribution in [3.05, 3.63) is 69.7 Å². The number of halogens is 3. The summed E-state index contributed by atoms with van der Waals surface area (Å²) in [5, 5.41) is 2.48. The van der Waals surface area contributed by atoms with Crippen molar-refractivity contribution in [1.29, 1.82) is 0 Å². The lowest BCUT2D eigenvalue weighted by Gasteiger charge is -2.35. The van der Waals surface area contributed by atoms with Gasteiger partial charge in [-0.3, -0.25) is 24.0 Å². The quantitative estimate of drug-likeness (QED) is 0.338. The highest BCUT2D eigenvalue weighted by Gasteiger charge is 2.44. The predicted octanol–water partition coefficient (Wildman–Crippen LogP) is 2.71. The molecule has 4 amide bonds. The molecular weight excluding hydrogens is 562 g/mol. The Morgan fingerprint density at radius 2 is 1.83 bits per heavy atom. The Balaban J connectivity index is 1.40. The molecule has 2 unspecified atom stereocenters. The molecule has 0 aromatic heterocycles. The van der Waals surface area contributed by atoms with E-state index in [1.165, 1.54) is 29.2 Å². The topological polar surface area (TPSA) is 139 Å². The zero-order valence-electron chi connectivity index (χ0n) is 22.4. The summed E-state index contributed by atoms with van der Waals surface area (Å²) in [5.41, 5.74) is 6.58. The fraction of sp³-hybridized carbons (Fsp3) is 0.393. The smallest absolute Gasteiger partial charge is 0.349 e. The average molecular weight is 591 g/mol. The van der Waals surface area contributed by atoms with Gasteiger partial charge in [-0.05, 0) is 41.7 Å². The van der Waals surface area contributed by atoms with Crippen molar-refractivity contribution in [2.24, 2.45) is 11.7 Å². The Bertz CT molecular complexity index is 1380. The van der Waals surface area contributed by atoms with Crippen LogP contribution in [0, 0.1) is 5.92 Å². The van der Waals surface area contributed by atoms with Crippen LogP contribution in [0.5, 0.6) is 0 Å². The molecule has 41 heavy (non-hydrogen) atoms. The third-order valence-electron chi connectivity index (χ3n) is 7.13. The van der Waals surface area contributed by atoms with Crippen LogP contribution in [-0.2, 0) is 42.9 Å². The number of nitrogens with one attached hydrogen (secondary N) is 1. The standard InChI is InChI=1S/C28H29ClF2N4O6/c1-15(2)23(32)26(39)41-14-35-22(36)10-9-21(25(35)38)34-13-17-11-16(3-8-20(17)24(34)37)12-33-27(40)28(30,31)18-4-6-19(29)7-5-18/h3-8,11,15,21,23H,9-10,12-14,32H2,1-2H3,(H,33,40). The van der Waals surface area contributed by atoms with Crippen LogP contribution in [0.15, 0.2) is 42.5 Å². The van der Waals surface area contributed by atoms with E-state index in [-0.39, 0.29) is 36.9 Å². The third-order valence-corrected chi connectivity index (χ3v) is 7.38. The van der Waals surface area contributed by atoms with Crippen LogP contribution < -0.4 is 11.1 Å². The molecule has 2 heterocycles. The van der Waals surface area contributed by atoms with Crippen molar-refractivity contribution in [3.63, 3.8) is 0 Å². The van der Waals surface area contributed by atoms with Crippen molar-refractivity contribution >= 4 is 41.2 Å². The number of hydrogen-bond acceptors (Lipinski definition) is 7. The van der Waals surface area contributed by atoms with Crippen LogP contribution >= 0.6 is 11.6 Å². The first-order chi connectivity index (χ1) is 19.3. The second kappa shape index (κ2) is 11.9. The molecule has 2 aromatic carbocycles. The van der Waals surface area contributed by atoms with E-state index in [1.54, 1.807) is 19.9 Å². The number of carbonyl (C=O) groups excluding carboxylic acids is 5. The number of likely N-dealkylation sites (tertiary alicyclic amines) is 1. The van der Waals surface area contributed by atoms with Crippen LogP contribution in [-0.4, -0.2) is 58.2 Å². The molecule has 2 aliphatic rings. The second-order valence-corrected chi connectivity index (χ2v) is 10.7. The summed E-state index contributed by atoms with van der Waals surface area (Å²) in [5.74, 6) is -7.88. The van der Waals surface area contributed by atoms with Gasteiger partial charge in [-0.1, -0.05) is 49.7 Å². The van der Waals surface area contributed by atoms with Crippen LogP contribution in [0.3, 0.4) is 0 Å². The van der Waals surface area contributed by atoms with Crippen LogP contribution in [0.1, 0.15) is 53.7 Å². The van der Waals surface area contributed by atoms with Gasteiger partial charge in [0.2, 0.25) is 5.91 Å². The summed E-state index contributed by atoms with van der Waals surface area (Å²) in [6.45, 7) is 2.66. The molecule has 13 heteroatoms. The minimum absolute atomic E-state index is 0.0351. The van der Waals surface area contributed by atoms with Gasteiger partial charge in [-0.2, -0.15) is 8.78 Å². The molecule has 0 saturated carbocycles. The first-order valence-corrected chi connectivity index (χ1v) is 13.3. The van der Waals surface area contributed by atoms with Crippen molar-refractivity contribution in [1.82, 2.24) is 15.1 Å². The van der Waals surface area contributed by atoms with Gasteiger partial charge >= 0.3 is 11.9 Å². The van der Waals surface area contributed by atoms with Crippen molar-refractivity contribution < 1.29 is 37.5 Å². The SMILES string of the molecule is CC(C)C(N)C(=O)OCN1C(=O)CCC(N2Cc3cc(CNC(=O)C(F)(F)c4ccc(Cl)cc4)ccc3C2=O)C1=O. The van der Waals surface area contributed by atoms with Gasteiger partial charge in [0.1, 0.15) is 12.1 Å². The van der Waals surface area contributed by atoms with E-state index in [0.717, 1.165) is 17.0 Å². The summed E-state index contributed by atoms with van der Waals surface area (Å²) in [4.78, 5) is 65.2. The summed E-state index contributed by atoms with van der Waals surface area (Å²) < 4.78 is 34.3. The monoisotopic (exact) mass is 590 g/mol. The Labute approximate surface area is 239 Å². The van der Waals surface area contributed by atoms with Crippen LogP contribution in [0.4, 0.5) is 8.78 Å². The molecule has 0 spiro atoms. The maximum absolute atomic E-state index is 14.6. The molecule has 2 atom stereocenters. The van der Waals surface area contributed by atoms with Gasteiger partial charge in [0.15, 0.2) is 6.73 Å². The number of hydrogen-bond donors (Lipinski definition) is 2. The molecule has 2 aliphatic heterocycles. The molecular formula is C28H29ClF2N4O6. The second-order valence-electron chi connectivity index (χ2n) is 10.3. The van der Waals surface area contributed by atoms with E-state index in [0.29, 0.717) is 16.7 Å². The molecule has 4 rings (SSSR count). The number of esters is 1. The molecule has 10 nitrogen and oxygen atoms in total. The lowest BCUT2D eigenvalue weighted by atomic mass is 10.0. The highest BCUT2D eigenvalue weighted by molar-refractivity contribution is 6.30. The number of ether oxygens (including phenoxy) is 1. The van der Waals surface area contributed by atoms with E-state index in [1.807, 2.05) is 0 Å². The number of rotatable bonds is 9. The Morgan fingerprint density at radius 1 is 1.15 bits per heavy atom. The largest absolute Gasteiger partial charge is 0.443 e. The van der Waals surface area contributed by atoms with Crippen LogP contribution in [0.25, 0.3) is 0 Å². The third kappa shape index (κ3) is 6.23. The number of amides is 4. The maximum Gasteiger partial charge on any atom is 0.349 e. The van der Waals surface area contributed by atoms with Crippen molar-refractivity contribution in [3.8, 4) is 0 Å². The summed E-state index contributed by atoms with van der Waals surface area (Å²) in [7, 11) is 0. The number of piperidine rings is 1. The number of carbonyl (C=O) groups is 5. The normalized spacial score (nSPS) is 18.0. The fourth-order valence-corrected chi connectivity index (χ4v) is 4.71. The predicted molar refractivity (Wildman–Crippen MR) is 142 cm³/mol. The molecule has 1 fully saturated rings. The first kappa shape index (κ1) is 30.1. The van der Waals surface area contributed by atoms with Gasteiger partial charge in [0, 0.05) is 35.7 Å². The van der Waals surface area contributed by atoms with E-state index in [4.69, 9.17) is 22.1 Å². The molecule has 0 radical (unpaired) electrons. The highest BCUT2D eigenvalue weighted by Crippen LogP contribution is 2.31. The Hall–Kier alpha value is -3.90. The van der Waals surface area contributed by atoms with Gasteiger partial charge in [-0.15, -0.1) is 0 Å². The van der Waals surface area contributed by atoms with Gasteiger partial charge in [0.05, 0.1) is 0 Å². The zero-order chi connectivity index (χ0) is 30.1. The molecule has 218 valence electrons. The maximum atomic E-state index is 14.6. The lowest BCUT2D eigenvalue weighted by molar-refractivity contribution is -0.165. The summed E-state index contributed by atoms with van der Waals surface area (Å²) in [6, 6.07) is 7.42. The van der Waals surface area contributed by atoms with Gasteiger partial charge < -0.3 is 20.7 Å². The van der Waals surface area contributed by atoms with Gasteiger partial charge in [-0.25, -0.2) is 4.90 Å². The van der Waals surface area contributed by atoms with Crippen molar-refractivity contribution in [2.45, 2.75) is 57.8 Å². The number of imide groups is 1. The van der Waals surface area contributed by atoms with E-state index in [9.17, 15) is 32.8 Å². The first-order valence-electron chi connectivity index (χ1n) is 12.9. The average Bonchev–Trinajstić information content (AvgIpc) is 3.26. The number of alkyl halides is 2. The highest BCUT2D eigenvalue weighted by atomic mass is 35.5. The lowest BCUT2D eigenvalue weighted by Crippen LogP contribution is -2.55. The van der Waals surface area contributed by atoms with E-state index in [2.05, 4.69) is 5.32 Å². The molecule has 0 aliphatic carbocycles. The Morgan fingerprint density at radius 3 is 2.49 bits per heavy atom. The summed E-state index contributed by atoms with van der Waals surface area (Å²) >= 11 is 5.73. The van der Waals surface area contributed by atoms with Crippen molar-refractivity contribution in [2.75, 3.05) is 6.73 Å². The van der Waals surface area contributed by atoms with Gasteiger partial charge in [0.25, 0.3) is 17.7 Å². The zero-order valence-corrected chi connectivity index (χ0v) is 23.1. The fourth-order valence-electron chi connectivity index (χ4n) is 4.58. The number of benzene rings is 2. The van der Waals surface area contributed by atoms with E-state index >= 15 is 0 Å². The summed E-state index contributed by atoms with van der Waals surface area (Å²) in [6.07, 6.45) is 0.0550.